The number of nitrogens with two attached hydrogens (primary N) is 2. The number of nitrogens with zero attached hydrogens (tertiary/aromatic N) is 3. The van der Waals surface area contributed by atoms with E-state index in [0.29, 0.717) is 18.9 Å². The second-order valence-electron chi connectivity index (χ2n) is 4.24. The maximum atomic E-state index is 5.52. The Kier molecular flexibility index (Phi) is 7.01. The van der Waals surface area contributed by atoms with Gasteiger partial charge in [0.1, 0.15) is 5.82 Å². The summed E-state index contributed by atoms with van der Waals surface area (Å²) in [6, 6.07) is 0. The van der Waals surface area contributed by atoms with Crippen LogP contribution in [0.4, 0.5) is 11.9 Å². The third-order valence-corrected chi connectivity index (χ3v) is 2.58. The fourth-order valence-electron chi connectivity index (χ4n) is 1.64. The van der Waals surface area contributed by atoms with Crippen molar-refractivity contribution >= 4 is 11.9 Å². The minimum absolute atomic E-state index is 0.164. The van der Waals surface area contributed by atoms with Crippen LogP contribution in [-0.2, 0) is 11.2 Å². The molecule has 0 aliphatic heterocycles. The molecule has 0 amide bonds. The summed E-state index contributed by atoms with van der Waals surface area (Å²) < 4.78 is 5.52. The molecule has 0 spiro atoms. The highest BCUT2D eigenvalue weighted by atomic mass is 16.5. The van der Waals surface area contributed by atoms with Crippen molar-refractivity contribution in [2.75, 3.05) is 24.7 Å². The van der Waals surface area contributed by atoms with Gasteiger partial charge in [-0.3, -0.25) is 0 Å². The zero-order chi connectivity index (χ0) is 13.2. The normalized spacial score (nSPS) is 10.7. The van der Waals surface area contributed by atoms with Crippen LogP contribution in [0.2, 0.25) is 0 Å². The van der Waals surface area contributed by atoms with Crippen LogP contribution in [0.3, 0.4) is 0 Å². The Morgan fingerprint density at radius 1 is 0.889 bits per heavy atom. The Balaban J connectivity index is 2.07. The molecule has 18 heavy (non-hydrogen) atoms. The van der Waals surface area contributed by atoms with Gasteiger partial charge in [0.2, 0.25) is 11.9 Å². The van der Waals surface area contributed by atoms with Gasteiger partial charge in [-0.25, -0.2) is 0 Å². The maximum absolute atomic E-state index is 5.52. The topological polar surface area (TPSA) is 99.9 Å². The fourth-order valence-corrected chi connectivity index (χ4v) is 1.64. The summed E-state index contributed by atoms with van der Waals surface area (Å²) in [6.45, 7) is 3.60. The highest BCUT2D eigenvalue weighted by molar-refractivity contribution is 5.25. The first-order chi connectivity index (χ1) is 8.72. The van der Waals surface area contributed by atoms with Gasteiger partial charge in [-0.2, -0.15) is 15.0 Å². The number of hydrogen-bond donors (Lipinski definition) is 2. The standard InChI is InChI=1S/C12H23N5O/c1-2-3-4-5-6-8-18-9-7-10-15-11(13)17-12(14)16-10/h2-9H2,1H3,(H4,13,14,15,16,17). The number of hydrogen-bond acceptors (Lipinski definition) is 6. The van der Waals surface area contributed by atoms with Crippen LogP contribution in [0.25, 0.3) is 0 Å². The van der Waals surface area contributed by atoms with Gasteiger partial charge in [0.15, 0.2) is 0 Å². The van der Waals surface area contributed by atoms with E-state index >= 15 is 0 Å². The van der Waals surface area contributed by atoms with Crippen molar-refractivity contribution in [2.24, 2.45) is 0 Å². The molecule has 0 aliphatic carbocycles. The molecule has 6 nitrogen and oxygen atoms in total. The molecule has 0 saturated heterocycles. The van der Waals surface area contributed by atoms with E-state index in [2.05, 4.69) is 21.9 Å². The maximum Gasteiger partial charge on any atom is 0.225 e. The van der Waals surface area contributed by atoms with Crippen LogP contribution in [-0.4, -0.2) is 28.2 Å². The average molecular weight is 253 g/mol. The van der Waals surface area contributed by atoms with Gasteiger partial charge in [0.25, 0.3) is 0 Å². The molecule has 0 fully saturated rings. The van der Waals surface area contributed by atoms with Crippen molar-refractivity contribution in [2.45, 2.75) is 45.4 Å². The van der Waals surface area contributed by atoms with Crippen LogP contribution in [0.15, 0.2) is 0 Å². The van der Waals surface area contributed by atoms with E-state index in [0.717, 1.165) is 13.0 Å². The van der Waals surface area contributed by atoms with Crippen molar-refractivity contribution in [1.82, 2.24) is 15.0 Å². The monoisotopic (exact) mass is 253 g/mol. The number of unbranched alkanes of at least 4 members (excludes halogenated alkanes) is 4. The highest BCUT2D eigenvalue weighted by Gasteiger charge is 2.01. The van der Waals surface area contributed by atoms with Gasteiger partial charge in [-0.15, -0.1) is 0 Å². The molecule has 1 aromatic heterocycles. The smallest absolute Gasteiger partial charge is 0.225 e. The Bertz CT molecular complexity index is 325. The number of nitrogen functional groups attached to an aromatic ring is 2. The van der Waals surface area contributed by atoms with Crippen molar-refractivity contribution in [3.05, 3.63) is 5.82 Å². The lowest BCUT2D eigenvalue weighted by molar-refractivity contribution is 0.131. The van der Waals surface area contributed by atoms with E-state index in [-0.39, 0.29) is 11.9 Å². The first-order valence-electron chi connectivity index (χ1n) is 6.56. The van der Waals surface area contributed by atoms with E-state index in [9.17, 15) is 0 Å². The van der Waals surface area contributed by atoms with Crippen molar-refractivity contribution < 1.29 is 4.74 Å². The van der Waals surface area contributed by atoms with Gasteiger partial charge >= 0.3 is 0 Å². The summed E-state index contributed by atoms with van der Waals surface area (Å²) in [6.07, 6.45) is 6.83. The first kappa shape index (κ1) is 14.6. The SMILES string of the molecule is CCCCCCCOCCc1nc(N)nc(N)n1. The predicted octanol–water partition coefficient (Wildman–Crippen LogP) is 1.57. The molecule has 0 aromatic carbocycles. The Morgan fingerprint density at radius 2 is 1.56 bits per heavy atom. The third kappa shape index (κ3) is 6.34. The first-order valence-corrected chi connectivity index (χ1v) is 6.56. The Labute approximate surface area is 108 Å². The molecule has 102 valence electrons. The van der Waals surface area contributed by atoms with Gasteiger partial charge < -0.3 is 16.2 Å². The van der Waals surface area contributed by atoms with Crippen LogP contribution in [0, 0.1) is 0 Å². The largest absolute Gasteiger partial charge is 0.381 e. The van der Waals surface area contributed by atoms with Crippen molar-refractivity contribution in [3.8, 4) is 0 Å². The molecule has 1 heterocycles. The second kappa shape index (κ2) is 8.63. The highest BCUT2D eigenvalue weighted by Crippen LogP contribution is 2.03. The summed E-state index contributed by atoms with van der Waals surface area (Å²) in [4.78, 5) is 11.7. The molecule has 0 aliphatic rings. The number of anilines is 2. The third-order valence-electron chi connectivity index (χ3n) is 2.58. The van der Waals surface area contributed by atoms with Crippen LogP contribution in [0.1, 0.15) is 44.9 Å². The molecule has 1 rings (SSSR count). The molecule has 0 saturated carbocycles. The number of ether oxygens (including phenoxy) is 1. The Morgan fingerprint density at radius 3 is 2.22 bits per heavy atom. The molecule has 0 atom stereocenters. The predicted molar refractivity (Wildman–Crippen MR) is 71.9 cm³/mol. The van der Waals surface area contributed by atoms with E-state index in [1.165, 1.54) is 25.7 Å². The minimum Gasteiger partial charge on any atom is -0.381 e. The van der Waals surface area contributed by atoms with E-state index in [1.807, 2.05) is 0 Å². The molecule has 0 radical (unpaired) electrons. The Hall–Kier alpha value is -1.43. The molecule has 0 unspecified atom stereocenters. The average Bonchev–Trinajstić information content (AvgIpc) is 2.31. The van der Waals surface area contributed by atoms with E-state index in [4.69, 9.17) is 16.2 Å². The zero-order valence-electron chi connectivity index (χ0n) is 11.1. The lowest BCUT2D eigenvalue weighted by atomic mass is 10.2. The summed E-state index contributed by atoms with van der Waals surface area (Å²) >= 11 is 0. The molecular formula is C12H23N5O. The van der Waals surface area contributed by atoms with Crippen LogP contribution < -0.4 is 11.5 Å². The lowest BCUT2D eigenvalue weighted by Crippen LogP contribution is -2.09. The van der Waals surface area contributed by atoms with Gasteiger partial charge in [0.05, 0.1) is 6.61 Å². The van der Waals surface area contributed by atoms with Crippen LogP contribution in [0.5, 0.6) is 0 Å². The van der Waals surface area contributed by atoms with Crippen molar-refractivity contribution in [1.29, 1.82) is 0 Å². The fraction of sp³-hybridized carbons (Fsp3) is 0.750. The summed E-state index contributed by atoms with van der Waals surface area (Å²) in [7, 11) is 0. The number of rotatable bonds is 9. The van der Waals surface area contributed by atoms with Gasteiger partial charge in [0, 0.05) is 13.0 Å². The summed E-state index contributed by atoms with van der Waals surface area (Å²) in [5, 5.41) is 0. The molecule has 0 bridgehead atoms. The summed E-state index contributed by atoms with van der Waals surface area (Å²) in [5.74, 6) is 0.917. The molecule has 6 heteroatoms. The lowest BCUT2D eigenvalue weighted by Gasteiger charge is -2.04. The second-order valence-corrected chi connectivity index (χ2v) is 4.24. The number of aromatic nitrogens is 3. The van der Waals surface area contributed by atoms with Crippen molar-refractivity contribution in [3.63, 3.8) is 0 Å². The zero-order valence-corrected chi connectivity index (χ0v) is 11.1. The quantitative estimate of drug-likeness (QED) is 0.648. The molecule has 4 N–H and O–H groups in total. The van der Waals surface area contributed by atoms with E-state index < -0.39 is 0 Å². The summed E-state index contributed by atoms with van der Waals surface area (Å²) in [5.41, 5.74) is 10.9. The van der Waals surface area contributed by atoms with E-state index in [1.54, 1.807) is 0 Å². The van der Waals surface area contributed by atoms with Crippen LogP contribution >= 0.6 is 0 Å². The molecule has 1 aromatic rings. The van der Waals surface area contributed by atoms with Gasteiger partial charge in [-0.1, -0.05) is 32.6 Å². The molecular weight excluding hydrogens is 230 g/mol. The minimum atomic E-state index is 0.164. The van der Waals surface area contributed by atoms with Gasteiger partial charge in [-0.05, 0) is 6.42 Å².